The summed E-state index contributed by atoms with van der Waals surface area (Å²) in [5, 5.41) is 3.73. The van der Waals surface area contributed by atoms with Crippen LogP contribution in [0.25, 0.3) is 10.9 Å². The number of H-pyrrole nitrogens is 1. The quantitative estimate of drug-likeness (QED) is 0.774. The highest BCUT2D eigenvalue weighted by Gasteiger charge is 2.06. The number of nitrogens with one attached hydrogen (secondary N) is 2. The summed E-state index contributed by atoms with van der Waals surface area (Å²) >= 11 is 0. The summed E-state index contributed by atoms with van der Waals surface area (Å²) < 4.78 is 26.4. The van der Waals surface area contributed by atoms with E-state index in [1.807, 2.05) is 25.1 Å². The van der Waals surface area contributed by atoms with Crippen LogP contribution in [0.2, 0.25) is 0 Å². The van der Waals surface area contributed by atoms with Crippen LogP contribution in [0.4, 0.5) is 14.5 Å². The summed E-state index contributed by atoms with van der Waals surface area (Å²) in [4.78, 5) is 14.8. The van der Waals surface area contributed by atoms with Crippen LogP contribution in [0.15, 0.2) is 47.3 Å². The lowest BCUT2D eigenvalue weighted by Gasteiger charge is -2.08. The molecule has 3 nitrogen and oxygen atoms in total. The third-order valence-corrected chi connectivity index (χ3v) is 3.48. The van der Waals surface area contributed by atoms with Crippen LogP contribution >= 0.6 is 0 Å². The predicted octanol–water partition coefficient (Wildman–Crippen LogP) is 3.73. The summed E-state index contributed by atoms with van der Waals surface area (Å²) in [6.07, 6.45) is 0. The number of halogens is 2. The van der Waals surface area contributed by atoms with E-state index < -0.39 is 11.6 Å². The molecule has 3 rings (SSSR count). The number of aromatic amines is 1. The first kappa shape index (κ1) is 14.3. The first-order chi connectivity index (χ1) is 10.5. The molecule has 1 heterocycles. The third-order valence-electron chi connectivity index (χ3n) is 3.48. The summed E-state index contributed by atoms with van der Waals surface area (Å²) in [6.45, 7) is 2.12. The fraction of sp³-hybridized carbons (Fsp3) is 0.118. The van der Waals surface area contributed by atoms with Gasteiger partial charge in [0.1, 0.15) is 11.6 Å². The largest absolute Gasteiger partial charge is 0.378 e. The molecule has 0 saturated heterocycles. The molecule has 0 aliphatic heterocycles. The van der Waals surface area contributed by atoms with Gasteiger partial charge in [0.2, 0.25) is 0 Å². The van der Waals surface area contributed by atoms with Crippen LogP contribution < -0.4 is 10.9 Å². The highest BCUT2D eigenvalue weighted by atomic mass is 19.1. The summed E-state index contributed by atoms with van der Waals surface area (Å²) in [7, 11) is 0. The Morgan fingerprint density at radius 1 is 1.09 bits per heavy atom. The minimum absolute atomic E-state index is 0.155. The van der Waals surface area contributed by atoms with Crippen molar-refractivity contribution in [3.05, 3.63) is 75.6 Å². The minimum atomic E-state index is -0.687. The maximum atomic E-state index is 13.6. The van der Waals surface area contributed by atoms with Crippen molar-refractivity contribution in [2.45, 2.75) is 13.5 Å². The molecule has 0 fully saturated rings. The van der Waals surface area contributed by atoms with Crippen LogP contribution in [-0.4, -0.2) is 4.98 Å². The van der Waals surface area contributed by atoms with E-state index in [0.29, 0.717) is 5.56 Å². The van der Waals surface area contributed by atoms with Crippen LogP contribution in [0.5, 0.6) is 0 Å². The summed E-state index contributed by atoms with van der Waals surface area (Å²) in [5.41, 5.74) is 2.26. The Labute approximate surface area is 125 Å². The molecule has 22 heavy (non-hydrogen) atoms. The van der Waals surface area contributed by atoms with Crippen LogP contribution in [0.1, 0.15) is 11.1 Å². The molecule has 1 aromatic heterocycles. The number of benzene rings is 2. The lowest BCUT2D eigenvalue weighted by atomic mass is 10.1. The molecule has 0 aliphatic carbocycles. The van der Waals surface area contributed by atoms with E-state index in [1.54, 1.807) is 6.07 Å². The molecule has 5 heteroatoms. The molecular weight excluding hydrogens is 286 g/mol. The fourth-order valence-corrected chi connectivity index (χ4v) is 2.33. The normalized spacial score (nSPS) is 10.9. The Morgan fingerprint density at radius 2 is 1.91 bits per heavy atom. The van der Waals surface area contributed by atoms with Gasteiger partial charge >= 0.3 is 0 Å². The number of aryl methyl sites for hydroxylation is 1. The topological polar surface area (TPSA) is 44.9 Å². The molecule has 0 bridgehead atoms. The van der Waals surface area contributed by atoms with E-state index in [2.05, 4.69) is 10.3 Å². The number of pyridine rings is 1. The summed E-state index contributed by atoms with van der Waals surface area (Å²) in [6, 6.07) is 10.8. The fourth-order valence-electron chi connectivity index (χ4n) is 2.33. The molecule has 3 aromatic rings. The van der Waals surface area contributed by atoms with Crippen molar-refractivity contribution < 1.29 is 8.78 Å². The van der Waals surface area contributed by atoms with Gasteiger partial charge in [-0.1, -0.05) is 11.6 Å². The van der Waals surface area contributed by atoms with Crippen molar-refractivity contribution in [1.82, 2.24) is 4.98 Å². The maximum absolute atomic E-state index is 13.6. The first-order valence-electron chi connectivity index (χ1n) is 6.84. The highest BCUT2D eigenvalue weighted by molar-refractivity contribution is 5.79. The zero-order valence-corrected chi connectivity index (χ0v) is 11.9. The first-order valence-corrected chi connectivity index (χ1v) is 6.84. The van der Waals surface area contributed by atoms with Gasteiger partial charge < -0.3 is 10.3 Å². The van der Waals surface area contributed by atoms with Crippen LogP contribution in [0, 0.1) is 18.6 Å². The Balaban J connectivity index is 1.90. The molecule has 2 N–H and O–H groups in total. The lowest BCUT2D eigenvalue weighted by Crippen LogP contribution is -2.16. The van der Waals surface area contributed by atoms with Crippen molar-refractivity contribution in [2.24, 2.45) is 0 Å². The average Bonchev–Trinajstić information content (AvgIpc) is 2.47. The van der Waals surface area contributed by atoms with Crippen molar-refractivity contribution >= 4 is 16.6 Å². The van der Waals surface area contributed by atoms with E-state index in [-0.39, 0.29) is 17.8 Å². The van der Waals surface area contributed by atoms with Gasteiger partial charge in [0.15, 0.2) is 0 Å². The molecule has 112 valence electrons. The predicted molar refractivity (Wildman–Crippen MR) is 83.0 cm³/mol. The zero-order valence-electron chi connectivity index (χ0n) is 11.9. The Bertz CT molecular complexity index is 903. The monoisotopic (exact) mass is 300 g/mol. The van der Waals surface area contributed by atoms with Gasteiger partial charge in [0.05, 0.1) is 5.69 Å². The molecular formula is C17H14F2N2O. The molecule has 0 aliphatic rings. The van der Waals surface area contributed by atoms with Crippen molar-refractivity contribution in [3.8, 4) is 0 Å². The summed E-state index contributed by atoms with van der Waals surface area (Å²) in [5.74, 6) is -1.32. The van der Waals surface area contributed by atoms with Crippen LogP contribution in [0.3, 0.4) is 0 Å². The van der Waals surface area contributed by atoms with Crippen LogP contribution in [-0.2, 0) is 6.54 Å². The van der Waals surface area contributed by atoms with Gasteiger partial charge in [-0.2, -0.15) is 0 Å². The van der Waals surface area contributed by atoms with Gasteiger partial charge in [0.25, 0.3) is 5.56 Å². The van der Waals surface area contributed by atoms with E-state index in [9.17, 15) is 13.6 Å². The molecule has 0 radical (unpaired) electrons. The van der Waals surface area contributed by atoms with E-state index in [4.69, 9.17) is 0 Å². The standard InChI is InChI=1S/C17H14F2N2O/c1-10-2-4-15-11(6-10)7-12(17(22)21-15)9-20-16-5-3-13(18)8-14(16)19/h2-8,20H,9H2,1H3,(H,21,22). The molecule has 0 saturated carbocycles. The van der Waals surface area contributed by atoms with Crippen molar-refractivity contribution in [3.63, 3.8) is 0 Å². The second-order valence-corrected chi connectivity index (χ2v) is 5.19. The highest BCUT2D eigenvalue weighted by Crippen LogP contribution is 2.17. The average molecular weight is 300 g/mol. The molecule has 0 unspecified atom stereocenters. The number of aromatic nitrogens is 1. The third kappa shape index (κ3) is 2.83. The Hall–Kier alpha value is -2.69. The van der Waals surface area contributed by atoms with E-state index >= 15 is 0 Å². The minimum Gasteiger partial charge on any atom is -0.378 e. The Kier molecular flexibility index (Phi) is 3.63. The van der Waals surface area contributed by atoms with Gasteiger partial charge in [-0.15, -0.1) is 0 Å². The van der Waals surface area contributed by atoms with E-state index in [1.165, 1.54) is 12.1 Å². The lowest BCUT2D eigenvalue weighted by molar-refractivity contribution is 0.585. The zero-order chi connectivity index (χ0) is 15.7. The molecule has 0 spiro atoms. The number of fused-ring (bicyclic) bond motifs is 1. The number of hydrogen-bond donors (Lipinski definition) is 2. The molecule has 0 amide bonds. The number of rotatable bonds is 3. The van der Waals surface area contributed by atoms with Crippen molar-refractivity contribution in [2.75, 3.05) is 5.32 Å². The smallest absolute Gasteiger partial charge is 0.253 e. The van der Waals surface area contributed by atoms with Gasteiger partial charge in [-0.05, 0) is 42.6 Å². The SMILES string of the molecule is Cc1ccc2[nH]c(=O)c(CNc3ccc(F)cc3F)cc2c1. The van der Waals surface area contributed by atoms with Gasteiger partial charge in [-0.25, -0.2) is 8.78 Å². The van der Waals surface area contributed by atoms with Gasteiger partial charge in [0, 0.05) is 23.7 Å². The molecule has 2 aromatic carbocycles. The van der Waals surface area contributed by atoms with E-state index in [0.717, 1.165) is 22.5 Å². The van der Waals surface area contributed by atoms with Gasteiger partial charge in [-0.3, -0.25) is 4.79 Å². The second-order valence-electron chi connectivity index (χ2n) is 5.19. The number of anilines is 1. The maximum Gasteiger partial charge on any atom is 0.253 e. The second kappa shape index (κ2) is 5.60. The Morgan fingerprint density at radius 3 is 2.68 bits per heavy atom. The molecule has 0 atom stereocenters. The van der Waals surface area contributed by atoms with Crippen molar-refractivity contribution in [1.29, 1.82) is 0 Å². The number of hydrogen-bond acceptors (Lipinski definition) is 2.